The lowest BCUT2D eigenvalue weighted by Gasteiger charge is -2.24. The van der Waals surface area contributed by atoms with Gasteiger partial charge in [0.25, 0.3) is 5.91 Å². The number of hydrogen-bond donors (Lipinski definition) is 1. The van der Waals surface area contributed by atoms with Crippen LogP contribution in [0.5, 0.6) is 0 Å². The minimum atomic E-state index is -0.476. The van der Waals surface area contributed by atoms with Gasteiger partial charge < -0.3 is 15.4 Å². The van der Waals surface area contributed by atoms with Crippen LogP contribution in [-0.4, -0.2) is 61.1 Å². The van der Waals surface area contributed by atoms with Gasteiger partial charge in [0, 0.05) is 38.6 Å². The van der Waals surface area contributed by atoms with Crippen molar-refractivity contribution in [3.05, 3.63) is 24.0 Å². The van der Waals surface area contributed by atoms with Gasteiger partial charge in [0.15, 0.2) is 0 Å². The van der Waals surface area contributed by atoms with E-state index >= 15 is 0 Å². The molecule has 2 N–H and O–H groups in total. The minimum Gasteiger partial charge on any atom is -0.465 e. The summed E-state index contributed by atoms with van der Waals surface area (Å²) in [7, 11) is 0. The molecule has 0 radical (unpaired) electrons. The third-order valence-corrected chi connectivity index (χ3v) is 3.65. The Hall–Kier alpha value is -2.15. The van der Waals surface area contributed by atoms with E-state index in [4.69, 9.17) is 10.5 Å². The molecule has 1 amide bonds. The molecule has 7 heteroatoms. The number of primary amides is 1. The first kappa shape index (κ1) is 16.2. The number of nitrogens with two attached hydrogens (primary N) is 1. The van der Waals surface area contributed by atoms with Crippen molar-refractivity contribution in [2.75, 3.05) is 44.2 Å². The summed E-state index contributed by atoms with van der Waals surface area (Å²) in [6.07, 6.45) is 4.06. The molecule has 1 aromatic rings. The zero-order chi connectivity index (χ0) is 15.9. The average molecular weight is 306 g/mol. The SMILES string of the molecule is CCOC(=O)CN1CCCN(c2ccncc2C(N)=O)CC1. The largest absolute Gasteiger partial charge is 0.465 e. The molecule has 0 aromatic carbocycles. The topological polar surface area (TPSA) is 88.8 Å². The molecular formula is C15H22N4O3. The van der Waals surface area contributed by atoms with Crippen molar-refractivity contribution in [1.29, 1.82) is 0 Å². The maximum Gasteiger partial charge on any atom is 0.320 e. The van der Waals surface area contributed by atoms with Crippen molar-refractivity contribution in [2.24, 2.45) is 5.73 Å². The lowest BCUT2D eigenvalue weighted by atomic mass is 10.2. The van der Waals surface area contributed by atoms with Crippen LogP contribution in [0.2, 0.25) is 0 Å². The molecule has 0 atom stereocenters. The summed E-state index contributed by atoms with van der Waals surface area (Å²) in [5, 5.41) is 0. The van der Waals surface area contributed by atoms with Crippen LogP contribution in [0.4, 0.5) is 5.69 Å². The Morgan fingerprint density at radius 2 is 2.14 bits per heavy atom. The molecule has 1 aliphatic rings. The highest BCUT2D eigenvalue weighted by Gasteiger charge is 2.20. The van der Waals surface area contributed by atoms with Gasteiger partial charge in [-0.3, -0.25) is 19.5 Å². The predicted molar refractivity (Wildman–Crippen MR) is 82.7 cm³/mol. The molecule has 0 aliphatic carbocycles. The summed E-state index contributed by atoms with van der Waals surface area (Å²) in [6.45, 7) is 5.61. The van der Waals surface area contributed by atoms with Gasteiger partial charge in [-0.25, -0.2) is 0 Å². The highest BCUT2D eigenvalue weighted by Crippen LogP contribution is 2.20. The standard InChI is InChI=1S/C15H22N4O3/c1-2-22-14(20)11-18-6-3-7-19(9-8-18)13-4-5-17-10-12(13)15(16)21/h4-5,10H,2-3,6-9,11H2,1H3,(H2,16,21). The summed E-state index contributed by atoms with van der Waals surface area (Å²) in [6, 6.07) is 1.81. The fourth-order valence-corrected chi connectivity index (χ4v) is 2.61. The first-order valence-electron chi connectivity index (χ1n) is 7.48. The molecule has 0 unspecified atom stereocenters. The van der Waals surface area contributed by atoms with Crippen LogP contribution in [0.1, 0.15) is 23.7 Å². The Balaban J connectivity index is 2.01. The number of hydrogen-bond acceptors (Lipinski definition) is 6. The molecule has 0 spiro atoms. The molecule has 1 aliphatic heterocycles. The molecule has 1 fully saturated rings. The van der Waals surface area contributed by atoms with Crippen LogP contribution < -0.4 is 10.6 Å². The van der Waals surface area contributed by atoms with E-state index in [9.17, 15) is 9.59 Å². The minimum absolute atomic E-state index is 0.197. The zero-order valence-corrected chi connectivity index (χ0v) is 12.8. The molecule has 2 rings (SSSR count). The number of carbonyl (C=O) groups is 2. The van der Waals surface area contributed by atoms with Crippen LogP contribution in [0.15, 0.2) is 18.5 Å². The molecule has 2 heterocycles. The lowest BCUT2D eigenvalue weighted by molar-refractivity contribution is -0.144. The van der Waals surface area contributed by atoms with E-state index in [1.165, 1.54) is 6.20 Å². The number of esters is 1. The molecular weight excluding hydrogens is 284 g/mol. The maximum absolute atomic E-state index is 11.6. The van der Waals surface area contributed by atoms with Crippen LogP contribution in [0.3, 0.4) is 0 Å². The fourth-order valence-electron chi connectivity index (χ4n) is 2.61. The second-order valence-electron chi connectivity index (χ2n) is 5.18. The highest BCUT2D eigenvalue weighted by molar-refractivity contribution is 5.98. The van der Waals surface area contributed by atoms with E-state index in [-0.39, 0.29) is 5.97 Å². The smallest absolute Gasteiger partial charge is 0.320 e. The van der Waals surface area contributed by atoms with Gasteiger partial charge in [0.1, 0.15) is 0 Å². The van der Waals surface area contributed by atoms with Gasteiger partial charge >= 0.3 is 5.97 Å². The Labute approximate surface area is 130 Å². The Morgan fingerprint density at radius 1 is 1.32 bits per heavy atom. The van der Waals surface area contributed by atoms with Crippen molar-refractivity contribution in [3.8, 4) is 0 Å². The second kappa shape index (κ2) is 7.74. The van der Waals surface area contributed by atoms with Gasteiger partial charge in [-0.2, -0.15) is 0 Å². The molecule has 0 bridgehead atoms. The van der Waals surface area contributed by atoms with Gasteiger partial charge in [-0.05, 0) is 19.4 Å². The number of carbonyl (C=O) groups excluding carboxylic acids is 2. The van der Waals surface area contributed by atoms with E-state index < -0.39 is 5.91 Å². The quantitative estimate of drug-likeness (QED) is 0.785. The summed E-state index contributed by atoms with van der Waals surface area (Å²) < 4.78 is 4.98. The van der Waals surface area contributed by atoms with Crippen LogP contribution in [-0.2, 0) is 9.53 Å². The summed E-state index contributed by atoms with van der Waals surface area (Å²) >= 11 is 0. The van der Waals surface area contributed by atoms with Crippen molar-refractivity contribution < 1.29 is 14.3 Å². The van der Waals surface area contributed by atoms with E-state index in [0.29, 0.717) is 18.7 Å². The fraction of sp³-hybridized carbons (Fsp3) is 0.533. The number of ether oxygens (including phenoxy) is 1. The first-order valence-corrected chi connectivity index (χ1v) is 7.48. The zero-order valence-electron chi connectivity index (χ0n) is 12.8. The molecule has 120 valence electrons. The number of aromatic nitrogens is 1. The number of anilines is 1. The van der Waals surface area contributed by atoms with Gasteiger partial charge in [0.05, 0.1) is 24.4 Å². The van der Waals surface area contributed by atoms with Crippen molar-refractivity contribution in [3.63, 3.8) is 0 Å². The van der Waals surface area contributed by atoms with E-state index in [0.717, 1.165) is 38.3 Å². The normalized spacial score (nSPS) is 16.1. The highest BCUT2D eigenvalue weighted by atomic mass is 16.5. The molecule has 0 saturated carbocycles. The van der Waals surface area contributed by atoms with Gasteiger partial charge in [-0.15, -0.1) is 0 Å². The number of pyridine rings is 1. The van der Waals surface area contributed by atoms with Crippen molar-refractivity contribution >= 4 is 17.6 Å². The van der Waals surface area contributed by atoms with Crippen molar-refractivity contribution in [2.45, 2.75) is 13.3 Å². The molecule has 22 heavy (non-hydrogen) atoms. The van der Waals surface area contributed by atoms with Gasteiger partial charge in [-0.1, -0.05) is 0 Å². The third-order valence-electron chi connectivity index (χ3n) is 3.65. The summed E-state index contributed by atoms with van der Waals surface area (Å²) in [5.74, 6) is -0.673. The molecule has 1 aromatic heterocycles. The van der Waals surface area contributed by atoms with Gasteiger partial charge in [0.2, 0.25) is 0 Å². The van der Waals surface area contributed by atoms with Crippen LogP contribution >= 0.6 is 0 Å². The lowest BCUT2D eigenvalue weighted by Crippen LogP contribution is -2.35. The Bertz CT molecular complexity index is 535. The Morgan fingerprint density at radius 3 is 2.86 bits per heavy atom. The maximum atomic E-state index is 11.6. The van der Waals surface area contributed by atoms with E-state index in [1.54, 1.807) is 19.2 Å². The summed E-state index contributed by atoms with van der Waals surface area (Å²) in [5.41, 5.74) is 6.65. The van der Waals surface area contributed by atoms with Crippen LogP contribution in [0, 0.1) is 0 Å². The Kier molecular flexibility index (Phi) is 5.71. The second-order valence-corrected chi connectivity index (χ2v) is 5.18. The van der Waals surface area contributed by atoms with Crippen LogP contribution in [0.25, 0.3) is 0 Å². The average Bonchev–Trinajstić information content (AvgIpc) is 2.73. The first-order chi connectivity index (χ1) is 10.6. The predicted octanol–water partition coefficient (Wildman–Crippen LogP) is 0.256. The van der Waals surface area contributed by atoms with E-state index in [2.05, 4.69) is 14.8 Å². The molecule has 7 nitrogen and oxygen atoms in total. The number of nitrogens with zero attached hydrogens (tertiary/aromatic N) is 3. The van der Waals surface area contributed by atoms with E-state index in [1.807, 2.05) is 0 Å². The summed E-state index contributed by atoms with van der Waals surface area (Å²) in [4.78, 5) is 31.2. The third kappa shape index (κ3) is 4.17. The molecule has 1 saturated heterocycles. The number of rotatable bonds is 5. The number of amides is 1. The van der Waals surface area contributed by atoms with Crippen molar-refractivity contribution in [1.82, 2.24) is 9.88 Å². The monoisotopic (exact) mass is 306 g/mol.